The van der Waals surface area contributed by atoms with E-state index < -0.39 is 23.1 Å². The van der Waals surface area contributed by atoms with Crippen molar-refractivity contribution in [1.29, 1.82) is 0 Å². The second kappa shape index (κ2) is 8.34. The molecule has 0 spiro atoms. The molecule has 31 heavy (non-hydrogen) atoms. The van der Waals surface area contributed by atoms with Crippen molar-refractivity contribution in [3.8, 4) is 5.75 Å². The summed E-state index contributed by atoms with van der Waals surface area (Å²) in [6.07, 6.45) is 1.77. The van der Waals surface area contributed by atoms with E-state index in [9.17, 15) is 19.1 Å². The number of hydrogen-bond donors (Lipinski definition) is 1. The minimum absolute atomic E-state index is 0.0992. The summed E-state index contributed by atoms with van der Waals surface area (Å²) >= 11 is 0. The van der Waals surface area contributed by atoms with Crippen LogP contribution in [0.5, 0.6) is 5.75 Å². The zero-order chi connectivity index (χ0) is 22.1. The Bertz CT molecular complexity index is 1170. The lowest BCUT2D eigenvalue weighted by molar-refractivity contribution is 0.0634. The first-order valence-electron chi connectivity index (χ1n) is 10.3. The van der Waals surface area contributed by atoms with Crippen molar-refractivity contribution in [1.82, 2.24) is 14.7 Å². The number of nitrogens with zero attached hydrogens (tertiary/aromatic N) is 3. The van der Waals surface area contributed by atoms with Gasteiger partial charge in [0.1, 0.15) is 5.82 Å². The minimum Gasteiger partial charge on any atom is -0.502 e. The number of amides is 1. The van der Waals surface area contributed by atoms with E-state index >= 15 is 0 Å². The fourth-order valence-corrected chi connectivity index (χ4v) is 4.37. The molecule has 2 atom stereocenters. The lowest BCUT2D eigenvalue weighted by Crippen LogP contribution is -2.47. The number of halogens is 1. The largest absolute Gasteiger partial charge is 0.502 e. The number of rotatable bonds is 5. The van der Waals surface area contributed by atoms with E-state index in [1.165, 1.54) is 16.8 Å². The Morgan fingerprint density at radius 2 is 1.87 bits per heavy atom. The highest BCUT2D eigenvalue weighted by atomic mass is 19.1. The molecule has 160 valence electrons. The predicted octanol–water partition coefficient (Wildman–Crippen LogP) is 3.64. The maximum absolute atomic E-state index is 13.7. The SMILES string of the molecule is CCCN1CC(C(c2ccc(F)cc2)c2ccccc2C)n2ncc(=O)c(O)c2C1=O. The Hall–Kier alpha value is -3.48. The molecule has 2 heterocycles. The van der Waals surface area contributed by atoms with Crippen LogP contribution in [0.15, 0.2) is 59.5 Å². The van der Waals surface area contributed by atoms with E-state index in [-0.39, 0.29) is 17.4 Å². The van der Waals surface area contributed by atoms with Gasteiger partial charge in [-0.2, -0.15) is 5.10 Å². The Kier molecular flexibility index (Phi) is 5.59. The van der Waals surface area contributed by atoms with Gasteiger partial charge in [0.2, 0.25) is 5.43 Å². The van der Waals surface area contributed by atoms with Crippen molar-refractivity contribution in [2.45, 2.75) is 32.2 Å². The molecule has 2 aromatic carbocycles. The van der Waals surface area contributed by atoms with Gasteiger partial charge in [0.15, 0.2) is 11.4 Å². The van der Waals surface area contributed by atoms with Gasteiger partial charge in [-0.05, 0) is 42.2 Å². The van der Waals surface area contributed by atoms with E-state index in [1.54, 1.807) is 17.0 Å². The molecule has 6 nitrogen and oxygen atoms in total. The van der Waals surface area contributed by atoms with Gasteiger partial charge < -0.3 is 10.0 Å². The molecule has 1 aromatic heterocycles. The maximum atomic E-state index is 13.7. The third-order valence-electron chi connectivity index (χ3n) is 5.83. The molecule has 0 radical (unpaired) electrons. The normalized spacial score (nSPS) is 16.8. The van der Waals surface area contributed by atoms with Gasteiger partial charge in [-0.15, -0.1) is 0 Å². The van der Waals surface area contributed by atoms with Crippen LogP contribution in [0.2, 0.25) is 0 Å². The molecule has 1 aliphatic rings. The van der Waals surface area contributed by atoms with Crippen LogP contribution in [0, 0.1) is 12.7 Å². The highest BCUT2D eigenvalue weighted by Crippen LogP contribution is 2.40. The van der Waals surface area contributed by atoms with Crippen molar-refractivity contribution in [2.75, 3.05) is 13.1 Å². The molecule has 1 amide bonds. The maximum Gasteiger partial charge on any atom is 0.276 e. The van der Waals surface area contributed by atoms with E-state index in [0.29, 0.717) is 13.1 Å². The summed E-state index contributed by atoms with van der Waals surface area (Å²) in [7, 11) is 0. The number of benzene rings is 2. The Balaban J connectivity index is 1.96. The molecule has 0 saturated heterocycles. The van der Waals surface area contributed by atoms with Crippen LogP contribution in [-0.2, 0) is 0 Å². The van der Waals surface area contributed by atoms with Crippen LogP contribution in [-0.4, -0.2) is 38.8 Å². The van der Waals surface area contributed by atoms with Crippen molar-refractivity contribution < 1.29 is 14.3 Å². The van der Waals surface area contributed by atoms with Gasteiger partial charge in [0.25, 0.3) is 5.91 Å². The molecule has 1 aliphatic heterocycles. The number of aryl methyl sites for hydroxylation is 1. The summed E-state index contributed by atoms with van der Waals surface area (Å²) in [6, 6.07) is 13.8. The van der Waals surface area contributed by atoms with Crippen molar-refractivity contribution >= 4 is 5.91 Å². The summed E-state index contributed by atoms with van der Waals surface area (Å²) in [5.74, 6) is -1.61. The van der Waals surface area contributed by atoms with Crippen LogP contribution >= 0.6 is 0 Å². The first-order valence-corrected chi connectivity index (χ1v) is 10.3. The highest BCUT2D eigenvalue weighted by Gasteiger charge is 2.39. The van der Waals surface area contributed by atoms with Crippen molar-refractivity contribution in [3.63, 3.8) is 0 Å². The van der Waals surface area contributed by atoms with E-state index in [1.807, 2.05) is 38.1 Å². The monoisotopic (exact) mass is 421 g/mol. The zero-order valence-corrected chi connectivity index (χ0v) is 17.5. The first-order chi connectivity index (χ1) is 14.9. The van der Waals surface area contributed by atoms with E-state index in [4.69, 9.17) is 0 Å². The van der Waals surface area contributed by atoms with Gasteiger partial charge in [0, 0.05) is 19.0 Å². The third-order valence-corrected chi connectivity index (χ3v) is 5.83. The molecule has 0 aliphatic carbocycles. The molecule has 0 fully saturated rings. The quantitative estimate of drug-likeness (QED) is 0.683. The Morgan fingerprint density at radius 1 is 1.16 bits per heavy atom. The molecule has 3 aromatic rings. The fraction of sp³-hybridized carbons (Fsp3) is 0.292. The van der Waals surface area contributed by atoms with E-state index in [0.717, 1.165) is 29.3 Å². The van der Waals surface area contributed by atoms with Crippen LogP contribution in [0.4, 0.5) is 4.39 Å². The topological polar surface area (TPSA) is 75.4 Å². The van der Waals surface area contributed by atoms with E-state index in [2.05, 4.69) is 5.10 Å². The third kappa shape index (κ3) is 3.71. The number of fused-ring (bicyclic) bond motifs is 1. The number of aromatic nitrogens is 2. The zero-order valence-electron chi connectivity index (χ0n) is 17.5. The molecule has 1 N–H and O–H groups in total. The summed E-state index contributed by atoms with van der Waals surface area (Å²) in [5.41, 5.74) is 2.12. The lowest BCUT2D eigenvalue weighted by atomic mass is 9.81. The van der Waals surface area contributed by atoms with Crippen LogP contribution in [0.25, 0.3) is 0 Å². The number of hydrogen-bond acceptors (Lipinski definition) is 4. The molecule has 7 heteroatoms. The molecule has 2 unspecified atom stereocenters. The highest BCUT2D eigenvalue weighted by molar-refractivity contribution is 5.95. The van der Waals surface area contributed by atoms with Crippen LogP contribution in [0.3, 0.4) is 0 Å². The van der Waals surface area contributed by atoms with Crippen LogP contribution < -0.4 is 5.43 Å². The average molecular weight is 421 g/mol. The van der Waals surface area contributed by atoms with Gasteiger partial charge in [-0.25, -0.2) is 4.39 Å². The summed E-state index contributed by atoms with van der Waals surface area (Å²) in [5, 5.41) is 14.7. The standard InChI is InChI=1S/C24H24FN3O3/c1-3-12-27-14-19(28-22(24(27)31)23(30)20(29)13-26-28)21(16-8-10-17(25)11-9-16)18-7-5-4-6-15(18)2/h4-11,13,19,21,30H,3,12,14H2,1-2H3. The molecule has 4 rings (SSSR count). The number of carbonyl (C=O) groups is 1. The Labute approximate surface area is 179 Å². The first kappa shape index (κ1) is 20.8. The lowest BCUT2D eigenvalue weighted by Gasteiger charge is -2.39. The smallest absolute Gasteiger partial charge is 0.276 e. The minimum atomic E-state index is -0.689. The molecular weight excluding hydrogens is 397 g/mol. The van der Waals surface area contributed by atoms with Crippen LogP contribution in [0.1, 0.15) is 52.5 Å². The summed E-state index contributed by atoms with van der Waals surface area (Å²) < 4.78 is 15.1. The predicted molar refractivity (Wildman–Crippen MR) is 115 cm³/mol. The molecule has 0 saturated carbocycles. The molecular formula is C24H24FN3O3. The molecule has 0 bridgehead atoms. The average Bonchev–Trinajstić information content (AvgIpc) is 2.76. The van der Waals surface area contributed by atoms with Gasteiger partial charge in [-0.1, -0.05) is 43.3 Å². The Morgan fingerprint density at radius 3 is 2.55 bits per heavy atom. The second-order valence-electron chi connectivity index (χ2n) is 7.85. The van der Waals surface area contributed by atoms with Crippen molar-refractivity contribution in [3.05, 3.63) is 93.2 Å². The summed E-state index contributed by atoms with van der Waals surface area (Å²) in [4.78, 5) is 26.8. The number of aromatic hydroxyl groups is 1. The fourth-order valence-electron chi connectivity index (χ4n) is 4.37. The van der Waals surface area contributed by atoms with Gasteiger partial charge in [-0.3, -0.25) is 14.3 Å². The van der Waals surface area contributed by atoms with Gasteiger partial charge >= 0.3 is 0 Å². The van der Waals surface area contributed by atoms with Gasteiger partial charge in [0.05, 0.1) is 12.2 Å². The van der Waals surface area contributed by atoms with Crippen molar-refractivity contribution in [2.24, 2.45) is 0 Å². The summed E-state index contributed by atoms with van der Waals surface area (Å²) in [6.45, 7) is 4.81. The number of carbonyl (C=O) groups excluding carboxylic acids is 1. The second-order valence-corrected chi connectivity index (χ2v) is 7.85.